The monoisotopic (exact) mass is 437 g/mol. The number of benzene rings is 1. The van der Waals surface area contributed by atoms with Gasteiger partial charge in [-0.2, -0.15) is 0 Å². The summed E-state index contributed by atoms with van der Waals surface area (Å²) >= 11 is 11.3. The molecule has 1 aromatic carbocycles. The van der Waals surface area contributed by atoms with Gasteiger partial charge in [-0.1, -0.05) is 29.8 Å². The van der Waals surface area contributed by atoms with E-state index in [-0.39, 0.29) is 5.56 Å². The Morgan fingerprint density at radius 1 is 1.20 bits per heavy atom. The minimum absolute atomic E-state index is 0.00110. The zero-order valence-corrected chi connectivity index (χ0v) is 16.7. The maximum atomic E-state index is 13.2. The third kappa shape index (κ3) is 3.23. The van der Waals surface area contributed by atoms with E-state index in [4.69, 9.17) is 16.6 Å². The van der Waals surface area contributed by atoms with Gasteiger partial charge in [-0.15, -0.1) is 11.3 Å². The first-order valence-corrected chi connectivity index (χ1v) is 10.4. The molecule has 3 aromatic rings. The second-order valence-corrected chi connectivity index (χ2v) is 8.34. The number of hydrogen-bond acceptors (Lipinski definition) is 4. The van der Waals surface area contributed by atoms with E-state index in [1.54, 1.807) is 4.57 Å². The lowest BCUT2D eigenvalue weighted by Crippen LogP contribution is -2.36. The fourth-order valence-electron chi connectivity index (χ4n) is 3.24. The van der Waals surface area contributed by atoms with Gasteiger partial charge in [0.2, 0.25) is 5.95 Å². The molecule has 1 aliphatic rings. The van der Waals surface area contributed by atoms with Crippen LogP contribution in [-0.2, 0) is 6.54 Å². The maximum Gasteiger partial charge on any atom is 0.273 e. The molecule has 0 N–H and O–H groups in total. The van der Waals surface area contributed by atoms with Crippen LogP contribution in [0.2, 0.25) is 5.02 Å². The molecule has 1 aliphatic heterocycles. The minimum atomic E-state index is 0.00110. The lowest BCUT2D eigenvalue weighted by atomic mass is 10.1. The highest BCUT2D eigenvalue weighted by molar-refractivity contribution is 9.10. The van der Waals surface area contributed by atoms with Crippen LogP contribution < -0.4 is 10.5 Å². The van der Waals surface area contributed by atoms with E-state index in [1.165, 1.54) is 17.8 Å². The number of anilines is 1. The predicted molar refractivity (Wildman–Crippen MR) is 108 cm³/mol. The van der Waals surface area contributed by atoms with Crippen molar-refractivity contribution >= 4 is 55.0 Å². The molecule has 0 amide bonds. The summed E-state index contributed by atoms with van der Waals surface area (Å²) in [6.45, 7) is 2.30. The molecule has 25 heavy (non-hydrogen) atoms. The number of fused-ring (bicyclic) bond motifs is 1. The van der Waals surface area contributed by atoms with E-state index in [1.807, 2.05) is 29.6 Å². The second-order valence-electron chi connectivity index (χ2n) is 6.20. The van der Waals surface area contributed by atoms with Crippen molar-refractivity contribution in [1.29, 1.82) is 0 Å². The molecule has 3 heterocycles. The lowest BCUT2D eigenvalue weighted by Gasteiger charge is -2.29. The lowest BCUT2D eigenvalue weighted by molar-refractivity contribution is 0.553. The van der Waals surface area contributed by atoms with Crippen molar-refractivity contribution in [3.05, 3.63) is 55.1 Å². The largest absolute Gasteiger partial charge is 0.342 e. The van der Waals surface area contributed by atoms with Crippen LogP contribution >= 0.6 is 38.9 Å². The van der Waals surface area contributed by atoms with Gasteiger partial charge in [0.25, 0.3) is 5.56 Å². The van der Waals surface area contributed by atoms with Gasteiger partial charge in [0.1, 0.15) is 10.2 Å². The smallest absolute Gasteiger partial charge is 0.273 e. The molecule has 0 atom stereocenters. The van der Waals surface area contributed by atoms with Crippen LogP contribution in [0, 0.1) is 0 Å². The quantitative estimate of drug-likeness (QED) is 0.583. The molecule has 0 radical (unpaired) electrons. The van der Waals surface area contributed by atoms with Crippen molar-refractivity contribution in [2.45, 2.75) is 25.8 Å². The van der Waals surface area contributed by atoms with E-state index in [2.05, 4.69) is 20.8 Å². The van der Waals surface area contributed by atoms with E-state index >= 15 is 0 Å². The van der Waals surface area contributed by atoms with Crippen LogP contribution in [0.5, 0.6) is 0 Å². The number of hydrogen-bond donors (Lipinski definition) is 0. The number of thiophene rings is 1. The molecule has 0 aliphatic carbocycles. The number of aromatic nitrogens is 2. The standard InChI is InChI=1S/C18H17BrClN3OS/c19-13-11-25-16-15(13)21-18(22-8-4-1-5-9-22)23(17(16)24)10-12-6-2-3-7-14(12)20/h2-3,6-7,11H,1,4-5,8-10H2. The highest BCUT2D eigenvalue weighted by Crippen LogP contribution is 2.29. The van der Waals surface area contributed by atoms with Gasteiger partial charge in [0, 0.05) is 23.5 Å². The molecule has 1 fully saturated rings. The Labute approximate surface area is 163 Å². The first-order chi connectivity index (χ1) is 12.1. The van der Waals surface area contributed by atoms with Gasteiger partial charge >= 0.3 is 0 Å². The van der Waals surface area contributed by atoms with Gasteiger partial charge in [0.05, 0.1) is 11.0 Å². The average Bonchev–Trinajstić information content (AvgIpc) is 3.01. The van der Waals surface area contributed by atoms with Crippen molar-refractivity contribution in [3.8, 4) is 0 Å². The van der Waals surface area contributed by atoms with Gasteiger partial charge in [-0.25, -0.2) is 4.98 Å². The molecule has 0 saturated carbocycles. The molecule has 1 saturated heterocycles. The molecule has 7 heteroatoms. The highest BCUT2D eigenvalue weighted by atomic mass is 79.9. The summed E-state index contributed by atoms with van der Waals surface area (Å²) in [5.74, 6) is 0.746. The van der Waals surface area contributed by atoms with Crippen LogP contribution in [0.1, 0.15) is 24.8 Å². The maximum absolute atomic E-state index is 13.2. The highest BCUT2D eigenvalue weighted by Gasteiger charge is 2.21. The second kappa shape index (κ2) is 7.09. The van der Waals surface area contributed by atoms with Gasteiger partial charge in [-0.3, -0.25) is 9.36 Å². The van der Waals surface area contributed by atoms with Crippen molar-refractivity contribution in [1.82, 2.24) is 9.55 Å². The molecule has 4 rings (SSSR count). The van der Waals surface area contributed by atoms with E-state index in [0.29, 0.717) is 16.3 Å². The van der Waals surface area contributed by atoms with Crippen LogP contribution in [0.25, 0.3) is 10.2 Å². The summed E-state index contributed by atoms with van der Waals surface area (Å²) in [5, 5.41) is 2.60. The molecule has 0 spiro atoms. The Balaban J connectivity index is 1.89. The van der Waals surface area contributed by atoms with Crippen LogP contribution in [-0.4, -0.2) is 22.6 Å². The SMILES string of the molecule is O=c1c2scc(Br)c2nc(N2CCCCC2)n1Cc1ccccc1Cl. The Bertz CT molecular complexity index is 978. The fourth-order valence-corrected chi connectivity index (χ4v) is 4.94. The first-order valence-electron chi connectivity index (χ1n) is 8.31. The predicted octanol–water partition coefficient (Wildman–Crippen LogP) is 4.91. The molecular formula is C18H17BrClN3OS. The van der Waals surface area contributed by atoms with E-state index < -0.39 is 0 Å². The number of halogens is 2. The molecule has 4 nitrogen and oxygen atoms in total. The molecular weight excluding hydrogens is 422 g/mol. The first kappa shape index (κ1) is 17.1. The minimum Gasteiger partial charge on any atom is -0.342 e. The summed E-state index contributed by atoms with van der Waals surface area (Å²) in [7, 11) is 0. The van der Waals surface area contributed by atoms with Crippen molar-refractivity contribution in [2.24, 2.45) is 0 Å². The topological polar surface area (TPSA) is 38.1 Å². The zero-order chi connectivity index (χ0) is 17.4. The summed E-state index contributed by atoms with van der Waals surface area (Å²) in [5.41, 5.74) is 1.69. The zero-order valence-electron chi connectivity index (χ0n) is 13.5. The fraction of sp³-hybridized carbons (Fsp3) is 0.333. The molecule has 2 aromatic heterocycles. The Morgan fingerprint density at radius 3 is 2.72 bits per heavy atom. The number of rotatable bonds is 3. The third-order valence-corrected chi connectivity index (χ3v) is 6.77. The molecule has 0 unspecified atom stereocenters. The van der Waals surface area contributed by atoms with Crippen LogP contribution in [0.15, 0.2) is 38.9 Å². The van der Waals surface area contributed by atoms with Crippen LogP contribution in [0.3, 0.4) is 0 Å². The Kier molecular flexibility index (Phi) is 4.84. The van der Waals surface area contributed by atoms with Crippen molar-refractivity contribution in [2.75, 3.05) is 18.0 Å². The number of nitrogens with zero attached hydrogens (tertiary/aromatic N) is 3. The number of piperidine rings is 1. The van der Waals surface area contributed by atoms with E-state index in [0.717, 1.165) is 47.4 Å². The average molecular weight is 439 g/mol. The van der Waals surface area contributed by atoms with Gasteiger partial charge in [-0.05, 0) is 46.8 Å². The Hall–Kier alpha value is -1.37. The molecule has 0 bridgehead atoms. The third-order valence-electron chi connectivity index (χ3n) is 4.54. The summed E-state index contributed by atoms with van der Waals surface area (Å²) in [4.78, 5) is 20.2. The molecule has 130 valence electrons. The van der Waals surface area contributed by atoms with Gasteiger partial charge < -0.3 is 4.90 Å². The van der Waals surface area contributed by atoms with Crippen molar-refractivity contribution in [3.63, 3.8) is 0 Å². The summed E-state index contributed by atoms with van der Waals surface area (Å²) < 4.78 is 3.34. The van der Waals surface area contributed by atoms with E-state index in [9.17, 15) is 4.79 Å². The van der Waals surface area contributed by atoms with Crippen molar-refractivity contribution < 1.29 is 0 Å². The Morgan fingerprint density at radius 2 is 1.96 bits per heavy atom. The van der Waals surface area contributed by atoms with Gasteiger partial charge in [0.15, 0.2) is 0 Å². The normalized spacial score (nSPS) is 15.0. The summed E-state index contributed by atoms with van der Waals surface area (Å²) in [6, 6.07) is 7.66. The summed E-state index contributed by atoms with van der Waals surface area (Å²) in [6.07, 6.45) is 3.49. The van der Waals surface area contributed by atoms with Crippen LogP contribution in [0.4, 0.5) is 5.95 Å².